The van der Waals surface area contributed by atoms with E-state index in [0.717, 1.165) is 5.69 Å². The average molecular weight is 402 g/mol. The molecule has 0 spiro atoms. The minimum absolute atomic E-state index is 0.0464. The molecule has 4 heterocycles. The van der Waals surface area contributed by atoms with E-state index in [1.165, 1.54) is 11.3 Å². The van der Waals surface area contributed by atoms with Gasteiger partial charge in [0.2, 0.25) is 0 Å². The number of nitrogens with one attached hydrogen (secondary N) is 1. The Hall–Kier alpha value is -2.88. The zero-order valence-corrected chi connectivity index (χ0v) is 16.1. The van der Waals surface area contributed by atoms with Gasteiger partial charge < -0.3 is 25.0 Å². The van der Waals surface area contributed by atoms with Crippen molar-refractivity contribution >= 4 is 29.4 Å². The van der Waals surface area contributed by atoms with Gasteiger partial charge >= 0.3 is 6.03 Å². The highest BCUT2D eigenvalue weighted by molar-refractivity contribution is 7.10. The first-order chi connectivity index (χ1) is 13.5. The number of piperidine rings is 1. The molecule has 0 bridgehead atoms. The third-order valence-corrected chi connectivity index (χ3v) is 6.27. The van der Waals surface area contributed by atoms with Gasteiger partial charge in [0.05, 0.1) is 18.4 Å². The van der Waals surface area contributed by atoms with Gasteiger partial charge in [-0.3, -0.25) is 9.36 Å². The van der Waals surface area contributed by atoms with Gasteiger partial charge in [-0.25, -0.2) is 9.78 Å². The van der Waals surface area contributed by atoms with Gasteiger partial charge in [-0.05, 0) is 31.2 Å². The van der Waals surface area contributed by atoms with Crippen LogP contribution in [0.25, 0.3) is 0 Å². The van der Waals surface area contributed by atoms with Gasteiger partial charge in [0.1, 0.15) is 18.0 Å². The molecule has 9 nitrogen and oxygen atoms in total. The van der Waals surface area contributed by atoms with E-state index in [0.29, 0.717) is 43.2 Å². The number of aryl methyl sites for hydroxylation is 1. The second-order valence-electron chi connectivity index (χ2n) is 6.98. The van der Waals surface area contributed by atoms with Crippen LogP contribution in [-0.4, -0.2) is 56.5 Å². The molecule has 0 aliphatic carbocycles. The second kappa shape index (κ2) is 7.27. The molecule has 2 aliphatic heterocycles. The first-order valence-corrected chi connectivity index (χ1v) is 9.97. The summed E-state index contributed by atoms with van der Waals surface area (Å²) in [4.78, 5) is 44.9. The standard InChI is InChI=1S/C18H21N5O4S/c1-11-19-9-13-10-22(18(27)23(11)13)12-4-6-21(7-5-12)16(24)15(20-17(25)26)14-3-2-8-28-14/h2-3,8-9,12,15,20H,4-7,10H2,1H3,(H,25,26)/p-1. The number of hydrogen-bond acceptors (Lipinski definition) is 6. The van der Waals surface area contributed by atoms with Gasteiger partial charge in [-0.1, -0.05) is 6.07 Å². The quantitative estimate of drug-likeness (QED) is 0.809. The van der Waals surface area contributed by atoms with Crippen LogP contribution < -0.4 is 10.4 Å². The topological polar surface area (TPSA) is 111 Å². The second-order valence-corrected chi connectivity index (χ2v) is 7.96. The molecule has 28 heavy (non-hydrogen) atoms. The smallest absolute Gasteiger partial charge is 0.330 e. The van der Waals surface area contributed by atoms with Crippen LogP contribution in [0.15, 0.2) is 23.7 Å². The Kier molecular flexibility index (Phi) is 4.80. The first-order valence-electron chi connectivity index (χ1n) is 9.09. The zero-order chi connectivity index (χ0) is 19.8. The Morgan fingerprint density at radius 2 is 2.11 bits per heavy atom. The molecule has 1 saturated heterocycles. The van der Waals surface area contributed by atoms with Crippen molar-refractivity contribution in [3.63, 3.8) is 0 Å². The largest absolute Gasteiger partial charge is 0.530 e. The van der Waals surface area contributed by atoms with Crippen LogP contribution in [0.1, 0.15) is 35.3 Å². The number of rotatable bonds is 4. The van der Waals surface area contributed by atoms with Gasteiger partial charge in [-0.2, -0.15) is 0 Å². The molecule has 1 N–H and O–H groups in total. The fourth-order valence-corrected chi connectivity index (χ4v) is 4.70. The van der Waals surface area contributed by atoms with E-state index in [9.17, 15) is 19.5 Å². The number of imidazole rings is 1. The van der Waals surface area contributed by atoms with E-state index in [2.05, 4.69) is 10.3 Å². The van der Waals surface area contributed by atoms with Crippen molar-refractivity contribution in [2.45, 2.75) is 38.4 Å². The Morgan fingerprint density at radius 1 is 1.36 bits per heavy atom. The molecule has 148 valence electrons. The Morgan fingerprint density at radius 3 is 2.71 bits per heavy atom. The highest BCUT2D eigenvalue weighted by atomic mass is 32.1. The molecular formula is C18H20N5O4S-. The van der Waals surface area contributed by atoms with Crippen molar-refractivity contribution in [2.24, 2.45) is 0 Å². The van der Waals surface area contributed by atoms with Crippen LogP contribution in [0.4, 0.5) is 9.59 Å². The van der Waals surface area contributed by atoms with Crippen molar-refractivity contribution in [1.82, 2.24) is 24.7 Å². The Balaban J connectivity index is 1.40. The lowest BCUT2D eigenvalue weighted by Gasteiger charge is -2.37. The number of nitrogens with zero attached hydrogens (tertiary/aromatic N) is 4. The summed E-state index contributed by atoms with van der Waals surface area (Å²) in [5.41, 5.74) is 0.886. The van der Waals surface area contributed by atoms with Crippen molar-refractivity contribution in [1.29, 1.82) is 0 Å². The SMILES string of the molecule is Cc1ncc2n1C(=O)N(C1CCN(C(=O)C(NC(=O)[O-])c3cccs3)CC1)C2. The molecule has 4 rings (SSSR count). The summed E-state index contributed by atoms with van der Waals surface area (Å²) in [5.74, 6) is 0.395. The third-order valence-electron chi connectivity index (χ3n) is 5.33. The summed E-state index contributed by atoms with van der Waals surface area (Å²) in [5, 5.41) is 15.0. The molecule has 2 aromatic heterocycles. The molecule has 2 aromatic rings. The van der Waals surface area contributed by atoms with Crippen LogP contribution in [0.3, 0.4) is 0 Å². The van der Waals surface area contributed by atoms with Gasteiger partial charge in [0.25, 0.3) is 5.91 Å². The Labute approximate surface area is 165 Å². The highest BCUT2D eigenvalue weighted by Gasteiger charge is 2.37. The summed E-state index contributed by atoms with van der Waals surface area (Å²) < 4.78 is 1.63. The molecule has 10 heteroatoms. The predicted octanol–water partition coefficient (Wildman–Crippen LogP) is 0.702. The van der Waals surface area contributed by atoms with Gasteiger partial charge in [-0.15, -0.1) is 11.3 Å². The molecule has 1 atom stereocenters. The van der Waals surface area contributed by atoms with E-state index in [1.54, 1.807) is 40.1 Å². The summed E-state index contributed by atoms with van der Waals surface area (Å²) in [7, 11) is 0. The minimum Gasteiger partial charge on any atom is -0.530 e. The van der Waals surface area contributed by atoms with Crippen molar-refractivity contribution < 1.29 is 19.5 Å². The maximum Gasteiger partial charge on any atom is 0.330 e. The summed E-state index contributed by atoms with van der Waals surface area (Å²) in [6, 6.07) is 2.53. The van der Waals surface area contributed by atoms with Gasteiger partial charge in [0.15, 0.2) is 0 Å². The summed E-state index contributed by atoms with van der Waals surface area (Å²) >= 11 is 1.32. The van der Waals surface area contributed by atoms with E-state index in [-0.39, 0.29) is 18.0 Å². The van der Waals surface area contributed by atoms with Crippen LogP contribution >= 0.6 is 11.3 Å². The number of carbonyl (C=O) groups is 3. The van der Waals surface area contributed by atoms with Crippen LogP contribution in [-0.2, 0) is 11.3 Å². The molecule has 0 saturated carbocycles. The van der Waals surface area contributed by atoms with Crippen LogP contribution in [0.5, 0.6) is 0 Å². The molecule has 0 aromatic carbocycles. The van der Waals surface area contributed by atoms with Crippen LogP contribution in [0.2, 0.25) is 0 Å². The van der Waals surface area contributed by atoms with E-state index in [1.807, 2.05) is 4.90 Å². The third kappa shape index (κ3) is 3.24. The number of thiophene rings is 1. The molecular weight excluding hydrogens is 382 g/mol. The van der Waals surface area contributed by atoms with Crippen molar-refractivity contribution in [3.05, 3.63) is 40.1 Å². The molecule has 1 unspecified atom stereocenters. The number of likely N-dealkylation sites (tertiary alicyclic amines) is 1. The number of amides is 3. The first kappa shape index (κ1) is 18.5. The van der Waals surface area contributed by atoms with Crippen LogP contribution in [0, 0.1) is 6.92 Å². The fraction of sp³-hybridized carbons (Fsp3) is 0.444. The average Bonchev–Trinajstić information content (AvgIpc) is 3.39. The molecule has 3 amide bonds. The zero-order valence-electron chi connectivity index (χ0n) is 15.3. The normalized spacial score (nSPS) is 18.2. The monoisotopic (exact) mass is 402 g/mol. The van der Waals surface area contributed by atoms with Gasteiger partial charge in [0, 0.05) is 24.0 Å². The molecule has 1 fully saturated rings. The van der Waals surface area contributed by atoms with Crippen molar-refractivity contribution in [2.75, 3.05) is 13.1 Å². The number of fused-ring (bicyclic) bond motifs is 1. The summed E-state index contributed by atoms with van der Waals surface area (Å²) in [6.45, 7) is 3.27. The lowest BCUT2D eigenvalue weighted by atomic mass is 10.0. The van der Waals surface area contributed by atoms with E-state index < -0.39 is 12.1 Å². The number of carboxylic acid groups (broad SMARTS) is 1. The highest BCUT2D eigenvalue weighted by Crippen LogP contribution is 2.28. The summed E-state index contributed by atoms with van der Waals surface area (Å²) in [6.07, 6.45) is 1.55. The maximum atomic E-state index is 12.9. The molecule has 2 aliphatic rings. The lowest BCUT2D eigenvalue weighted by molar-refractivity contribution is -0.251. The predicted molar refractivity (Wildman–Crippen MR) is 98.5 cm³/mol. The number of hydrogen-bond donors (Lipinski definition) is 1. The lowest BCUT2D eigenvalue weighted by Crippen LogP contribution is -2.51. The van der Waals surface area contributed by atoms with Crippen molar-refractivity contribution in [3.8, 4) is 0 Å². The maximum absolute atomic E-state index is 12.9. The minimum atomic E-state index is -1.48. The van der Waals surface area contributed by atoms with E-state index >= 15 is 0 Å². The number of carbonyl (C=O) groups excluding carboxylic acids is 3. The van der Waals surface area contributed by atoms with E-state index in [4.69, 9.17) is 0 Å². The molecule has 0 radical (unpaired) electrons. The fourth-order valence-electron chi connectivity index (χ4n) is 3.93. The Bertz CT molecular complexity index is 901. The number of aromatic nitrogens is 2.